The second-order valence-electron chi connectivity index (χ2n) is 6.12. The maximum atomic E-state index is 14.4. The molecule has 0 aliphatic rings. The summed E-state index contributed by atoms with van der Waals surface area (Å²) in [5, 5.41) is 9.57. The first kappa shape index (κ1) is 23.0. The molecule has 3 aromatic rings. The van der Waals surface area contributed by atoms with E-state index in [-0.39, 0.29) is 25.6 Å². The van der Waals surface area contributed by atoms with Crippen molar-refractivity contribution in [1.82, 2.24) is 15.0 Å². The van der Waals surface area contributed by atoms with Gasteiger partial charge >= 0.3 is 0 Å². The van der Waals surface area contributed by atoms with E-state index in [1.54, 1.807) is 29.1 Å². The lowest BCUT2D eigenvalue weighted by molar-refractivity contribution is 0.0255. The highest BCUT2D eigenvalue weighted by atomic mass is 79.9. The van der Waals surface area contributed by atoms with Gasteiger partial charge in [0.25, 0.3) is 5.91 Å². The first-order chi connectivity index (χ1) is 14.0. The topological polar surface area (TPSA) is 76.4 Å². The fraction of sp³-hybridized carbons (Fsp3) is 0.333. The minimum absolute atomic E-state index is 0.0263. The van der Waals surface area contributed by atoms with Crippen molar-refractivity contribution in [3.05, 3.63) is 63.8 Å². The van der Waals surface area contributed by atoms with E-state index >= 15 is 0 Å². The molecule has 0 bridgehead atoms. The Hall–Kier alpha value is -2.29. The number of hydrogen-bond acceptors (Lipinski definition) is 4. The number of aliphatic hydroxyl groups is 1. The summed E-state index contributed by atoms with van der Waals surface area (Å²) < 4.78 is 16.8. The first-order valence-corrected chi connectivity index (χ1v) is 10.2. The molecule has 2 aromatic heterocycles. The van der Waals surface area contributed by atoms with Crippen LogP contribution >= 0.6 is 15.9 Å². The summed E-state index contributed by atoms with van der Waals surface area (Å²) in [6.07, 6.45) is 3.68. The number of aromatic nitrogens is 2. The summed E-state index contributed by atoms with van der Waals surface area (Å²) in [6.45, 7) is 6.16. The molecule has 0 aliphatic heterocycles. The van der Waals surface area contributed by atoms with Crippen LogP contribution in [0.1, 0.15) is 41.9 Å². The third-order valence-electron chi connectivity index (χ3n) is 4.12. The maximum Gasteiger partial charge on any atom is 0.291 e. The van der Waals surface area contributed by atoms with E-state index in [4.69, 9.17) is 9.94 Å². The molecule has 6 nitrogen and oxygen atoms in total. The van der Waals surface area contributed by atoms with E-state index in [0.29, 0.717) is 23.2 Å². The molecule has 0 saturated heterocycles. The monoisotopic (exact) mass is 465 g/mol. The highest BCUT2D eigenvalue weighted by Gasteiger charge is 2.19. The van der Waals surface area contributed by atoms with Gasteiger partial charge in [-0.15, -0.1) is 0 Å². The number of fused-ring (bicyclic) bond motifs is 1. The fourth-order valence-electron chi connectivity index (χ4n) is 2.75. The molecule has 0 spiro atoms. The lowest BCUT2D eigenvalue weighted by Gasteiger charge is -2.12. The predicted octanol–water partition coefficient (Wildman–Crippen LogP) is 4.36. The molecule has 2 N–H and O–H groups in total. The van der Waals surface area contributed by atoms with Crippen LogP contribution in [0.25, 0.3) is 10.9 Å². The van der Waals surface area contributed by atoms with Crippen molar-refractivity contribution in [2.24, 2.45) is 0 Å². The van der Waals surface area contributed by atoms with E-state index in [2.05, 4.69) is 26.4 Å². The van der Waals surface area contributed by atoms with Gasteiger partial charge < -0.3 is 9.67 Å². The van der Waals surface area contributed by atoms with Gasteiger partial charge in [0.2, 0.25) is 0 Å². The quantitative estimate of drug-likeness (QED) is 0.401. The standard InChI is InChI=1S/C19H19BrFN3O3.C2H6/c1-12-3-4-13(16(21)7-12)11-24-17(19(26)23-27-6-2-5-25)8-14-15(20)9-22-10-18(14)24;1-2/h3-4,7-10,25H,2,5-6,11H2,1H3,(H,23,26);1-2H3. The Morgan fingerprint density at radius 2 is 2.07 bits per heavy atom. The molecule has 0 atom stereocenters. The summed E-state index contributed by atoms with van der Waals surface area (Å²) in [5.41, 5.74) is 4.68. The number of rotatable bonds is 7. The smallest absolute Gasteiger partial charge is 0.291 e. The fourth-order valence-corrected chi connectivity index (χ4v) is 3.19. The summed E-state index contributed by atoms with van der Waals surface area (Å²) >= 11 is 3.44. The lowest BCUT2D eigenvalue weighted by Crippen LogP contribution is -2.27. The Bertz CT molecular complexity index is 975. The van der Waals surface area contributed by atoms with Gasteiger partial charge in [-0.05, 0) is 47.0 Å². The van der Waals surface area contributed by atoms with Gasteiger partial charge in [-0.1, -0.05) is 26.0 Å². The number of carbonyl (C=O) groups excluding carboxylic acids is 1. The molecular weight excluding hydrogens is 441 g/mol. The van der Waals surface area contributed by atoms with Gasteiger partial charge in [0.1, 0.15) is 11.5 Å². The number of aryl methyl sites for hydroxylation is 1. The zero-order chi connectivity index (χ0) is 21.4. The molecular formula is C21H25BrFN3O3. The van der Waals surface area contributed by atoms with Gasteiger partial charge in [0, 0.05) is 28.2 Å². The van der Waals surface area contributed by atoms with Crippen LogP contribution in [0.2, 0.25) is 0 Å². The van der Waals surface area contributed by atoms with Crippen LogP contribution in [0, 0.1) is 12.7 Å². The lowest BCUT2D eigenvalue weighted by atomic mass is 10.1. The van der Waals surface area contributed by atoms with E-state index in [1.807, 2.05) is 26.8 Å². The van der Waals surface area contributed by atoms with Crippen molar-refractivity contribution < 1.29 is 19.1 Å². The Morgan fingerprint density at radius 3 is 2.76 bits per heavy atom. The maximum absolute atomic E-state index is 14.4. The summed E-state index contributed by atoms with van der Waals surface area (Å²) in [7, 11) is 0. The Kier molecular flexibility index (Phi) is 8.75. The van der Waals surface area contributed by atoms with Crippen LogP contribution in [0.3, 0.4) is 0 Å². The predicted molar refractivity (Wildman–Crippen MR) is 114 cm³/mol. The third kappa shape index (κ3) is 5.62. The van der Waals surface area contributed by atoms with Gasteiger partial charge in [0.15, 0.2) is 0 Å². The molecule has 0 saturated carbocycles. The number of hydrogen-bond donors (Lipinski definition) is 2. The highest BCUT2D eigenvalue weighted by molar-refractivity contribution is 9.10. The molecule has 1 aromatic carbocycles. The summed E-state index contributed by atoms with van der Waals surface area (Å²) in [5.74, 6) is -0.783. The number of aliphatic hydroxyl groups excluding tert-OH is 1. The first-order valence-electron chi connectivity index (χ1n) is 9.42. The van der Waals surface area contributed by atoms with Gasteiger partial charge in [-0.3, -0.25) is 14.6 Å². The second-order valence-corrected chi connectivity index (χ2v) is 6.98. The van der Waals surface area contributed by atoms with E-state index in [9.17, 15) is 9.18 Å². The van der Waals surface area contributed by atoms with Gasteiger partial charge in [0.05, 0.1) is 24.9 Å². The van der Waals surface area contributed by atoms with Gasteiger partial charge in [-0.2, -0.15) is 0 Å². The number of nitrogens with zero attached hydrogens (tertiary/aromatic N) is 2. The van der Waals surface area contributed by atoms with E-state index < -0.39 is 5.91 Å². The average Bonchev–Trinajstić information content (AvgIpc) is 3.09. The molecule has 0 fully saturated rings. The Labute approximate surface area is 177 Å². The number of amides is 1. The molecule has 2 heterocycles. The summed E-state index contributed by atoms with van der Waals surface area (Å²) in [6, 6.07) is 6.71. The van der Waals surface area contributed by atoms with Crippen molar-refractivity contribution in [1.29, 1.82) is 0 Å². The minimum Gasteiger partial charge on any atom is -0.396 e. The van der Waals surface area contributed by atoms with Crippen LogP contribution in [-0.2, 0) is 11.4 Å². The normalized spacial score (nSPS) is 10.6. The third-order valence-corrected chi connectivity index (χ3v) is 4.75. The Balaban J connectivity index is 0.00000145. The SMILES string of the molecule is CC.Cc1ccc(Cn2c(C(=O)NOCCCO)cc3c(Br)cncc32)c(F)c1. The van der Waals surface area contributed by atoms with Gasteiger partial charge in [-0.25, -0.2) is 9.87 Å². The molecule has 1 amide bonds. The number of benzene rings is 1. The molecule has 8 heteroatoms. The minimum atomic E-state index is -0.455. The molecule has 3 rings (SSSR count). The zero-order valence-electron chi connectivity index (χ0n) is 16.7. The van der Waals surface area contributed by atoms with Crippen LogP contribution in [0.15, 0.2) is 41.1 Å². The number of nitrogens with one attached hydrogen (secondary N) is 1. The second kappa shape index (κ2) is 11.0. The van der Waals surface area contributed by atoms with E-state index in [0.717, 1.165) is 15.4 Å². The van der Waals surface area contributed by atoms with Crippen LogP contribution < -0.4 is 5.48 Å². The average molecular weight is 466 g/mol. The van der Waals surface area contributed by atoms with Crippen molar-refractivity contribution in [2.45, 2.75) is 33.7 Å². The molecule has 0 aliphatic carbocycles. The highest BCUT2D eigenvalue weighted by Crippen LogP contribution is 2.27. The Morgan fingerprint density at radius 1 is 1.31 bits per heavy atom. The van der Waals surface area contributed by atoms with Crippen LogP contribution in [-0.4, -0.2) is 33.8 Å². The number of halogens is 2. The molecule has 0 radical (unpaired) electrons. The van der Waals surface area contributed by atoms with Crippen LogP contribution in [0.4, 0.5) is 4.39 Å². The van der Waals surface area contributed by atoms with Crippen molar-refractivity contribution in [3.63, 3.8) is 0 Å². The van der Waals surface area contributed by atoms with E-state index in [1.165, 1.54) is 6.07 Å². The van der Waals surface area contributed by atoms with Crippen molar-refractivity contribution in [2.75, 3.05) is 13.2 Å². The molecule has 156 valence electrons. The number of pyridine rings is 1. The number of hydroxylamine groups is 1. The van der Waals surface area contributed by atoms with Crippen LogP contribution in [0.5, 0.6) is 0 Å². The van der Waals surface area contributed by atoms with Crippen molar-refractivity contribution in [3.8, 4) is 0 Å². The van der Waals surface area contributed by atoms with Crippen molar-refractivity contribution >= 4 is 32.7 Å². The molecule has 0 unspecified atom stereocenters. The largest absolute Gasteiger partial charge is 0.396 e. The zero-order valence-corrected chi connectivity index (χ0v) is 18.3. The molecule has 29 heavy (non-hydrogen) atoms. The number of carbonyl (C=O) groups is 1. The summed E-state index contributed by atoms with van der Waals surface area (Å²) in [4.78, 5) is 21.8.